The molecule has 1 aromatic heterocycles. The Kier molecular flexibility index (Phi) is 5.30. The summed E-state index contributed by atoms with van der Waals surface area (Å²) in [6, 6.07) is 3.75. The number of carbonyl (C=O) groups excluding carboxylic acids is 2. The molecule has 0 fully saturated rings. The number of rotatable bonds is 4. The number of hydrogen-bond donors (Lipinski definition) is 2. The Labute approximate surface area is 148 Å². The van der Waals surface area contributed by atoms with Crippen LogP contribution in [0.5, 0.6) is 0 Å². The average Bonchev–Trinajstić information content (AvgIpc) is 2.78. The first kappa shape index (κ1) is 18.7. The van der Waals surface area contributed by atoms with Crippen LogP contribution in [-0.2, 0) is 16.6 Å². The van der Waals surface area contributed by atoms with E-state index in [1.165, 1.54) is 6.92 Å². The Morgan fingerprint density at radius 3 is 2.28 bits per heavy atom. The quantitative estimate of drug-likeness (QED) is 0.894. The van der Waals surface area contributed by atoms with E-state index in [9.17, 15) is 9.59 Å². The zero-order chi connectivity index (χ0) is 18.9. The lowest BCUT2D eigenvalue weighted by Gasteiger charge is -2.18. The number of aromatic nitrogens is 2. The highest BCUT2D eigenvalue weighted by molar-refractivity contribution is 5.98. The van der Waals surface area contributed by atoms with Gasteiger partial charge in [-0.2, -0.15) is 5.10 Å². The molecule has 0 radical (unpaired) electrons. The van der Waals surface area contributed by atoms with E-state index in [0.717, 1.165) is 33.8 Å². The molecule has 0 aliphatic heterocycles. The van der Waals surface area contributed by atoms with Gasteiger partial charge < -0.3 is 10.6 Å². The summed E-state index contributed by atoms with van der Waals surface area (Å²) in [5, 5.41) is 10.2. The first-order chi connectivity index (χ1) is 11.6. The molecule has 0 spiro atoms. The summed E-state index contributed by atoms with van der Waals surface area (Å²) in [5.41, 5.74) is 6.04. The van der Waals surface area contributed by atoms with Gasteiger partial charge in [0.2, 0.25) is 11.8 Å². The molecule has 25 heavy (non-hydrogen) atoms. The minimum atomic E-state index is -0.321. The van der Waals surface area contributed by atoms with E-state index in [1.807, 2.05) is 53.8 Å². The van der Waals surface area contributed by atoms with Gasteiger partial charge in [-0.3, -0.25) is 14.3 Å². The third-order valence-corrected chi connectivity index (χ3v) is 4.62. The second-order valence-corrected chi connectivity index (χ2v) is 6.53. The van der Waals surface area contributed by atoms with Crippen molar-refractivity contribution in [3.63, 3.8) is 0 Å². The lowest BCUT2D eigenvalue weighted by atomic mass is 9.97. The van der Waals surface area contributed by atoms with Crippen LogP contribution in [0.25, 0.3) is 0 Å². The smallest absolute Gasteiger partial charge is 0.231 e. The summed E-state index contributed by atoms with van der Waals surface area (Å²) in [5.74, 6) is -0.553. The molecule has 0 bridgehead atoms. The van der Waals surface area contributed by atoms with Gasteiger partial charge in [0.25, 0.3) is 0 Å². The number of carbonyl (C=O) groups is 2. The Balaban J connectivity index is 2.30. The number of benzene rings is 1. The Bertz CT molecular complexity index is 836. The molecule has 2 amide bonds. The second-order valence-electron chi connectivity index (χ2n) is 6.53. The van der Waals surface area contributed by atoms with E-state index in [0.29, 0.717) is 5.69 Å². The van der Waals surface area contributed by atoms with E-state index < -0.39 is 0 Å². The van der Waals surface area contributed by atoms with Gasteiger partial charge in [0.05, 0.1) is 11.6 Å². The van der Waals surface area contributed by atoms with Crippen molar-refractivity contribution >= 4 is 23.2 Å². The van der Waals surface area contributed by atoms with Crippen molar-refractivity contribution in [2.24, 2.45) is 7.05 Å². The van der Waals surface area contributed by atoms with Crippen LogP contribution >= 0.6 is 0 Å². The number of anilines is 2. The number of aryl methyl sites for hydroxylation is 3. The van der Waals surface area contributed by atoms with E-state index in [4.69, 9.17) is 0 Å². The monoisotopic (exact) mass is 342 g/mol. The zero-order valence-corrected chi connectivity index (χ0v) is 15.9. The molecular weight excluding hydrogens is 316 g/mol. The lowest BCUT2D eigenvalue weighted by Crippen LogP contribution is -2.21. The van der Waals surface area contributed by atoms with Gasteiger partial charge in [-0.15, -0.1) is 0 Å². The first-order valence-electron chi connectivity index (χ1n) is 8.32. The average molecular weight is 342 g/mol. The van der Waals surface area contributed by atoms with Gasteiger partial charge in [0.15, 0.2) is 0 Å². The summed E-state index contributed by atoms with van der Waals surface area (Å²) in [7, 11) is 1.88. The molecule has 6 nitrogen and oxygen atoms in total. The topological polar surface area (TPSA) is 76.0 Å². The minimum absolute atomic E-state index is 0.0973. The predicted octanol–water partition coefficient (Wildman–Crippen LogP) is 3.35. The number of nitrogens with one attached hydrogen (secondary N) is 2. The minimum Gasteiger partial charge on any atom is -0.326 e. The van der Waals surface area contributed by atoms with Crippen LogP contribution in [0, 0.1) is 27.7 Å². The van der Waals surface area contributed by atoms with Gasteiger partial charge in [-0.25, -0.2) is 0 Å². The third-order valence-electron chi connectivity index (χ3n) is 4.62. The van der Waals surface area contributed by atoms with E-state index >= 15 is 0 Å². The van der Waals surface area contributed by atoms with Crippen molar-refractivity contribution in [3.8, 4) is 0 Å². The number of nitrogens with zero attached hydrogens (tertiary/aromatic N) is 2. The Morgan fingerprint density at radius 1 is 1.12 bits per heavy atom. The van der Waals surface area contributed by atoms with Crippen molar-refractivity contribution in [3.05, 3.63) is 40.2 Å². The molecule has 2 rings (SSSR count). The summed E-state index contributed by atoms with van der Waals surface area (Å²) in [4.78, 5) is 24.2. The van der Waals surface area contributed by atoms with Crippen molar-refractivity contribution in [2.45, 2.75) is 47.5 Å². The zero-order valence-electron chi connectivity index (χ0n) is 15.9. The highest BCUT2D eigenvalue weighted by Gasteiger charge is 2.23. The van der Waals surface area contributed by atoms with Crippen LogP contribution in [0.3, 0.4) is 0 Å². The van der Waals surface area contributed by atoms with E-state index in [1.54, 1.807) is 4.68 Å². The summed E-state index contributed by atoms with van der Waals surface area (Å²) in [6.45, 7) is 11.0. The molecule has 0 saturated heterocycles. The van der Waals surface area contributed by atoms with Crippen LogP contribution in [0.15, 0.2) is 12.1 Å². The van der Waals surface area contributed by atoms with Gasteiger partial charge in [-0.05, 0) is 51.8 Å². The highest BCUT2D eigenvalue weighted by atomic mass is 16.2. The molecule has 1 aromatic carbocycles. The van der Waals surface area contributed by atoms with Gasteiger partial charge in [-0.1, -0.05) is 6.07 Å². The van der Waals surface area contributed by atoms with Gasteiger partial charge >= 0.3 is 0 Å². The van der Waals surface area contributed by atoms with E-state index in [2.05, 4.69) is 15.7 Å². The number of hydrogen-bond acceptors (Lipinski definition) is 3. The molecule has 134 valence electrons. The first-order valence-corrected chi connectivity index (χ1v) is 8.32. The molecule has 0 aliphatic carbocycles. The molecule has 2 N–H and O–H groups in total. The molecule has 2 aromatic rings. The normalized spacial score (nSPS) is 12.0. The summed E-state index contributed by atoms with van der Waals surface area (Å²) in [6.07, 6.45) is 0. The molecule has 6 heteroatoms. The number of amides is 2. The Morgan fingerprint density at radius 2 is 1.76 bits per heavy atom. The Hall–Kier alpha value is -2.63. The fourth-order valence-corrected chi connectivity index (χ4v) is 3.14. The standard InChI is InChI=1S/C19H26N4O2/c1-10-8-9-16(11(2)18(10)20-15(6)24)21-19(25)12(3)17-13(4)22-23(7)14(17)5/h8-9,12H,1-7H3,(H,20,24)(H,21,25)/t12-/m1/s1. The SMILES string of the molecule is CC(=O)Nc1c(C)ccc(NC(=O)[C@H](C)c2c(C)nn(C)c2C)c1C. The molecular formula is C19H26N4O2. The summed E-state index contributed by atoms with van der Waals surface area (Å²) < 4.78 is 1.79. The summed E-state index contributed by atoms with van der Waals surface area (Å²) >= 11 is 0. The lowest BCUT2D eigenvalue weighted by molar-refractivity contribution is -0.117. The molecule has 1 heterocycles. The van der Waals surface area contributed by atoms with Crippen LogP contribution in [0.1, 0.15) is 47.8 Å². The van der Waals surface area contributed by atoms with Crippen molar-refractivity contribution in [1.82, 2.24) is 9.78 Å². The van der Waals surface area contributed by atoms with Crippen LogP contribution in [-0.4, -0.2) is 21.6 Å². The molecule has 0 unspecified atom stereocenters. The fourth-order valence-electron chi connectivity index (χ4n) is 3.14. The van der Waals surface area contributed by atoms with E-state index in [-0.39, 0.29) is 17.7 Å². The largest absolute Gasteiger partial charge is 0.326 e. The maximum absolute atomic E-state index is 12.8. The maximum atomic E-state index is 12.8. The van der Waals surface area contributed by atoms with Crippen molar-refractivity contribution < 1.29 is 9.59 Å². The molecule has 0 saturated carbocycles. The molecule has 1 atom stereocenters. The van der Waals surface area contributed by atoms with Gasteiger partial charge in [0, 0.05) is 36.6 Å². The van der Waals surface area contributed by atoms with Crippen LogP contribution in [0.4, 0.5) is 11.4 Å². The third kappa shape index (κ3) is 3.73. The predicted molar refractivity (Wildman–Crippen MR) is 99.9 cm³/mol. The van der Waals surface area contributed by atoms with Crippen LogP contribution in [0.2, 0.25) is 0 Å². The molecule has 0 aliphatic rings. The highest BCUT2D eigenvalue weighted by Crippen LogP contribution is 2.29. The second kappa shape index (κ2) is 7.09. The fraction of sp³-hybridized carbons (Fsp3) is 0.421. The van der Waals surface area contributed by atoms with Gasteiger partial charge in [0.1, 0.15) is 0 Å². The van der Waals surface area contributed by atoms with Crippen molar-refractivity contribution in [2.75, 3.05) is 10.6 Å². The van der Waals surface area contributed by atoms with Crippen LogP contribution < -0.4 is 10.6 Å². The maximum Gasteiger partial charge on any atom is 0.231 e. The van der Waals surface area contributed by atoms with Crippen molar-refractivity contribution in [1.29, 1.82) is 0 Å².